The van der Waals surface area contributed by atoms with E-state index in [2.05, 4.69) is 97.1 Å². The van der Waals surface area contributed by atoms with Crippen molar-refractivity contribution in [2.45, 2.75) is 0 Å². The minimum absolute atomic E-state index is 0.633. The zero-order valence-electron chi connectivity index (χ0n) is 24.6. The molecule has 0 fully saturated rings. The van der Waals surface area contributed by atoms with Crippen LogP contribution in [0.4, 0.5) is 0 Å². The van der Waals surface area contributed by atoms with Gasteiger partial charge >= 0.3 is 0 Å². The minimum Gasteiger partial charge on any atom is -0.436 e. The first kappa shape index (κ1) is 25.1. The molecule has 2 heterocycles. The molecular weight excluding hydrogens is 564 g/mol. The molecule has 1 aliphatic carbocycles. The molecule has 0 saturated carbocycles. The van der Waals surface area contributed by atoms with E-state index in [-0.39, 0.29) is 0 Å². The van der Waals surface area contributed by atoms with Gasteiger partial charge in [-0.05, 0) is 110 Å². The summed E-state index contributed by atoms with van der Waals surface area (Å²) >= 11 is 0. The first-order valence-electron chi connectivity index (χ1n) is 15.4. The van der Waals surface area contributed by atoms with Crippen LogP contribution < -0.4 is 0 Å². The van der Waals surface area contributed by atoms with E-state index in [0.717, 1.165) is 50.0 Å². The second-order valence-electron chi connectivity index (χ2n) is 11.8. The normalized spacial score (nSPS) is 11.9. The van der Waals surface area contributed by atoms with E-state index < -0.39 is 0 Å². The topological polar surface area (TPSA) is 52.1 Å². The van der Waals surface area contributed by atoms with Crippen molar-refractivity contribution in [3.8, 4) is 67.4 Å². The van der Waals surface area contributed by atoms with Gasteiger partial charge in [-0.1, -0.05) is 91.0 Å². The van der Waals surface area contributed by atoms with E-state index >= 15 is 0 Å². The van der Waals surface area contributed by atoms with Gasteiger partial charge in [0.25, 0.3) is 0 Å². The first-order chi connectivity index (χ1) is 22.8. The third kappa shape index (κ3) is 3.80. The number of nitrogens with zero attached hydrogens (tertiary/aromatic N) is 2. The number of hydrogen-bond acceptors (Lipinski definition) is 4. The van der Waals surface area contributed by atoms with Crippen LogP contribution >= 0.6 is 0 Å². The Hall–Kier alpha value is -6.26. The highest BCUT2D eigenvalue weighted by molar-refractivity contribution is 6.19. The van der Waals surface area contributed by atoms with Gasteiger partial charge in [0.1, 0.15) is 11.0 Å². The molecule has 0 spiro atoms. The zero-order chi connectivity index (χ0) is 30.2. The third-order valence-electron chi connectivity index (χ3n) is 9.09. The zero-order valence-corrected chi connectivity index (χ0v) is 24.6. The van der Waals surface area contributed by atoms with Crippen molar-refractivity contribution >= 4 is 33.0 Å². The summed E-state index contributed by atoms with van der Waals surface area (Å²) in [5.74, 6) is 1.27. The van der Waals surface area contributed by atoms with E-state index in [4.69, 9.17) is 18.8 Å². The van der Waals surface area contributed by atoms with Gasteiger partial charge in [0.05, 0.1) is 0 Å². The molecule has 0 atom stereocenters. The van der Waals surface area contributed by atoms with Crippen LogP contribution in [-0.4, -0.2) is 9.97 Å². The summed E-state index contributed by atoms with van der Waals surface area (Å²) in [5.41, 5.74) is 14.9. The highest BCUT2D eigenvalue weighted by Gasteiger charge is 2.23. The smallest absolute Gasteiger partial charge is 0.227 e. The van der Waals surface area contributed by atoms with Crippen LogP contribution in [0.25, 0.3) is 100 Å². The standard InChI is InChI=1S/C42H24N2O2/c1-3-16-38-36(14-1)43-41(45-38)28-10-5-8-25(22-28)26-18-19-31-33-13-7-12-32-30(20-21-34(40(32)33)35(31)24-26)27-9-6-11-29(23-27)42-44-37-15-2-4-17-39(37)46-42/h1-24H. The Kier molecular flexibility index (Phi) is 5.25. The molecule has 0 bridgehead atoms. The quantitative estimate of drug-likeness (QED) is 0.205. The molecule has 0 N–H and O–H groups in total. The Labute approximate surface area is 264 Å². The van der Waals surface area contributed by atoms with Crippen molar-refractivity contribution in [3.05, 3.63) is 146 Å². The van der Waals surface area contributed by atoms with Crippen molar-refractivity contribution in [1.82, 2.24) is 9.97 Å². The lowest BCUT2D eigenvalue weighted by Gasteiger charge is -2.10. The van der Waals surface area contributed by atoms with Gasteiger partial charge in [-0.15, -0.1) is 0 Å². The fourth-order valence-corrected chi connectivity index (χ4v) is 6.93. The molecule has 4 heteroatoms. The van der Waals surface area contributed by atoms with Crippen LogP contribution in [0.15, 0.2) is 154 Å². The lowest BCUT2D eigenvalue weighted by molar-refractivity contribution is 0.619. The van der Waals surface area contributed by atoms with E-state index in [1.54, 1.807) is 0 Å². The van der Waals surface area contributed by atoms with Crippen LogP contribution in [0.3, 0.4) is 0 Å². The molecule has 10 rings (SSSR count). The number of hydrogen-bond donors (Lipinski definition) is 0. The largest absolute Gasteiger partial charge is 0.436 e. The van der Waals surface area contributed by atoms with Gasteiger partial charge < -0.3 is 8.83 Å². The summed E-state index contributed by atoms with van der Waals surface area (Å²) in [4.78, 5) is 9.45. The second-order valence-corrected chi connectivity index (χ2v) is 11.8. The Morgan fingerprint density at radius 1 is 0.348 bits per heavy atom. The fraction of sp³-hybridized carbons (Fsp3) is 0. The highest BCUT2D eigenvalue weighted by atomic mass is 16.4. The molecule has 4 nitrogen and oxygen atoms in total. The maximum absolute atomic E-state index is 6.10. The summed E-state index contributed by atoms with van der Waals surface area (Å²) in [7, 11) is 0. The van der Waals surface area contributed by atoms with Crippen LogP contribution in [0.1, 0.15) is 0 Å². The average Bonchev–Trinajstić information content (AvgIpc) is 3.84. The molecular formula is C42H24N2O2. The van der Waals surface area contributed by atoms with Gasteiger partial charge in [-0.25, -0.2) is 9.97 Å². The maximum Gasteiger partial charge on any atom is 0.227 e. The molecule has 9 aromatic rings. The number of para-hydroxylation sites is 4. The van der Waals surface area contributed by atoms with Crippen molar-refractivity contribution in [3.63, 3.8) is 0 Å². The van der Waals surface area contributed by atoms with Gasteiger partial charge in [0, 0.05) is 11.1 Å². The van der Waals surface area contributed by atoms with E-state index in [9.17, 15) is 0 Å². The highest BCUT2D eigenvalue weighted by Crippen LogP contribution is 2.50. The lowest BCUT2D eigenvalue weighted by Crippen LogP contribution is -1.85. The molecule has 2 aromatic heterocycles. The average molecular weight is 589 g/mol. The Bertz CT molecular complexity index is 2590. The second kappa shape index (κ2) is 9.62. The van der Waals surface area contributed by atoms with Crippen LogP contribution in [0.2, 0.25) is 0 Å². The molecule has 0 saturated heterocycles. The molecule has 0 amide bonds. The number of rotatable bonds is 4. The van der Waals surface area contributed by atoms with Crippen molar-refractivity contribution in [1.29, 1.82) is 0 Å². The van der Waals surface area contributed by atoms with Gasteiger partial charge in [0.2, 0.25) is 11.8 Å². The molecule has 7 aromatic carbocycles. The molecule has 46 heavy (non-hydrogen) atoms. The van der Waals surface area contributed by atoms with E-state index in [1.165, 1.54) is 38.6 Å². The van der Waals surface area contributed by atoms with E-state index in [0.29, 0.717) is 11.8 Å². The molecule has 1 aliphatic rings. The SMILES string of the molecule is c1cc(-c2ccc3c(c2)-c2ccc(-c4cccc(-c5nc6ccccc6o5)c4)c4cccc-3c24)cc(-c2nc3ccccc3o2)c1. The lowest BCUT2D eigenvalue weighted by atomic mass is 9.93. The van der Waals surface area contributed by atoms with Crippen molar-refractivity contribution in [2.75, 3.05) is 0 Å². The number of benzene rings is 7. The Morgan fingerprint density at radius 2 is 0.891 bits per heavy atom. The summed E-state index contributed by atoms with van der Waals surface area (Å²) in [5, 5.41) is 2.53. The monoisotopic (exact) mass is 588 g/mol. The van der Waals surface area contributed by atoms with Crippen molar-refractivity contribution < 1.29 is 8.83 Å². The predicted octanol–water partition coefficient (Wildman–Crippen LogP) is 11.4. The molecule has 0 radical (unpaired) electrons. The molecule has 0 aliphatic heterocycles. The summed E-state index contributed by atoms with van der Waals surface area (Å²) < 4.78 is 12.2. The Balaban J connectivity index is 1.06. The Morgan fingerprint density at radius 3 is 1.61 bits per heavy atom. The van der Waals surface area contributed by atoms with Gasteiger partial charge in [-0.2, -0.15) is 0 Å². The van der Waals surface area contributed by atoms with E-state index in [1.807, 2.05) is 48.5 Å². The summed E-state index contributed by atoms with van der Waals surface area (Å²) in [6.45, 7) is 0. The predicted molar refractivity (Wildman–Crippen MR) is 185 cm³/mol. The van der Waals surface area contributed by atoms with Crippen LogP contribution in [0, 0.1) is 0 Å². The number of oxazole rings is 2. The summed E-state index contributed by atoms with van der Waals surface area (Å²) in [6, 6.07) is 50.7. The van der Waals surface area contributed by atoms with Crippen LogP contribution in [-0.2, 0) is 0 Å². The summed E-state index contributed by atoms with van der Waals surface area (Å²) in [6.07, 6.45) is 0. The number of aromatic nitrogens is 2. The van der Waals surface area contributed by atoms with Crippen LogP contribution in [0.5, 0.6) is 0 Å². The van der Waals surface area contributed by atoms with Gasteiger partial charge in [0.15, 0.2) is 11.2 Å². The maximum atomic E-state index is 6.10. The van der Waals surface area contributed by atoms with Gasteiger partial charge in [-0.3, -0.25) is 0 Å². The third-order valence-corrected chi connectivity index (χ3v) is 9.09. The fourth-order valence-electron chi connectivity index (χ4n) is 6.93. The number of fused-ring (bicyclic) bond motifs is 5. The minimum atomic E-state index is 0.633. The van der Waals surface area contributed by atoms with Crippen molar-refractivity contribution in [2.24, 2.45) is 0 Å². The molecule has 214 valence electrons. The molecule has 0 unspecified atom stereocenters. The first-order valence-corrected chi connectivity index (χ1v) is 15.4.